The summed E-state index contributed by atoms with van der Waals surface area (Å²) in [4.78, 5) is 12.5. The molecule has 1 aliphatic heterocycles. The number of hydrogen-bond donors (Lipinski definition) is 0. The number of benzene rings is 2. The second kappa shape index (κ2) is 5.61. The molecule has 0 radical (unpaired) electrons. The van der Waals surface area contributed by atoms with E-state index >= 15 is 0 Å². The van der Waals surface area contributed by atoms with Crippen molar-refractivity contribution in [1.82, 2.24) is 4.31 Å². The zero-order valence-corrected chi connectivity index (χ0v) is 14.3. The average molecular weight is 380 g/mol. The Balaban J connectivity index is 2.06. The fraction of sp³-hybridized carbons (Fsp3) is 0.188. The molecular formula is C16H14BrNO3S. The van der Waals surface area contributed by atoms with Crippen LogP contribution < -0.4 is 0 Å². The van der Waals surface area contributed by atoms with Gasteiger partial charge in [0.25, 0.3) is 0 Å². The molecule has 0 spiro atoms. The first kappa shape index (κ1) is 15.4. The maximum absolute atomic E-state index is 12.8. The molecule has 0 fully saturated rings. The Bertz CT molecular complexity index is 861. The van der Waals surface area contributed by atoms with Gasteiger partial charge in [0.1, 0.15) is 0 Å². The predicted molar refractivity (Wildman–Crippen MR) is 87.2 cm³/mol. The summed E-state index contributed by atoms with van der Waals surface area (Å²) in [7, 11) is -3.69. The lowest BCUT2D eigenvalue weighted by Crippen LogP contribution is -2.39. The van der Waals surface area contributed by atoms with Gasteiger partial charge in [-0.15, -0.1) is 0 Å². The number of halogens is 1. The van der Waals surface area contributed by atoms with E-state index in [1.165, 1.54) is 4.31 Å². The monoisotopic (exact) mass is 379 g/mol. The van der Waals surface area contributed by atoms with E-state index in [0.29, 0.717) is 11.1 Å². The van der Waals surface area contributed by atoms with E-state index in [2.05, 4.69) is 15.9 Å². The van der Waals surface area contributed by atoms with Crippen LogP contribution in [0.2, 0.25) is 0 Å². The summed E-state index contributed by atoms with van der Waals surface area (Å²) >= 11 is 3.40. The van der Waals surface area contributed by atoms with Gasteiger partial charge in [-0.3, -0.25) is 4.79 Å². The van der Waals surface area contributed by atoms with E-state index in [0.717, 1.165) is 10.0 Å². The van der Waals surface area contributed by atoms with Crippen LogP contribution in [0.15, 0.2) is 51.8 Å². The number of Topliss-reactive ketones (excluding diaryl/α,β-unsaturated/α-hetero) is 1. The smallest absolute Gasteiger partial charge is 0.244 e. The third-order valence-electron chi connectivity index (χ3n) is 3.79. The number of nitrogens with zero attached hydrogens (tertiary/aromatic N) is 1. The standard InChI is InChI=1S/C16H14BrNO3S/c1-11-5-2-3-8-16(11)22(20,21)18-9-13-12(15(19)10-18)6-4-7-14(13)17/h2-8H,9-10H2,1H3. The highest BCUT2D eigenvalue weighted by molar-refractivity contribution is 9.10. The van der Waals surface area contributed by atoms with E-state index in [4.69, 9.17) is 0 Å². The minimum absolute atomic E-state index is 0.125. The molecule has 0 amide bonds. The van der Waals surface area contributed by atoms with Crippen LogP contribution in [-0.2, 0) is 16.6 Å². The lowest BCUT2D eigenvalue weighted by Gasteiger charge is -2.28. The predicted octanol–water partition coefficient (Wildman–Crippen LogP) is 3.14. The highest BCUT2D eigenvalue weighted by Gasteiger charge is 2.33. The van der Waals surface area contributed by atoms with Crippen molar-refractivity contribution in [3.05, 3.63) is 63.6 Å². The van der Waals surface area contributed by atoms with Gasteiger partial charge in [0, 0.05) is 16.6 Å². The molecule has 0 atom stereocenters. The molecule has 1 aliphatic rings. The van der Waals surface area contributed by atoms with Crippen molar-refractivity contribution < 1.29 is 13.2 Å². The van der Waals surface area contributed by atoms with Gasteiger partial charge in [0.05, 0.1) is 11.4 Å². The van der Waals surface area contributed by atoms with Gasteiger partial charge in [-0.25, -0.2) is 8.42 Å². The normalized spacial score (nSPS) is 15.6. The number of carbonyl (C=O) groups excluding carboxylic acids is 1. The van der Waals surface area contributed by atoms with Gasteiger partial charge < -0.3 is 0 Å². The van der Waals surface area contributed by atoms with Crippen LogP contribution in [-0.4, -0.2) is 25.1 Å². The first-order valence-corrected chi connectivity index (χ1v) is 9.01. The van der Waals surface area contributed by atoms with Gasteiger partial charge in [-0.1, -0.05) is 46.3 Å². The highest BCUT2D eigenvalue weighted by Crippen LogP contribution is 2.30. The molecule has 4 nitrogen and oxygen atoms in total. The minimum Gasteiger partial charge on any atom is -0.293 e. The summed E-state index contributed by atoms with van der Waals surface area (Å²) in [5.74, 6) is -0.181. The lowest BCUT2D eigenvalue weighted by atomic mass is 10.0. The van der Waals surface area contributed by atoms with Crippen LogP contribution >= 0.6 is 15.9 Å². The first-order chi connectivity index (χ1) is 10.4. The molecule has 6 heteroatoms. The zero-order valence-electron chi connectivity index (χ0n) is 11.9. The van der Waals surface area contributed by atoms with E-state index < -0.39 is 10.0 Å². The molecule has 114 valence electrons. The van der Waals surface area contributed by atoms with Crippen molar-refractivity contribution in [2.24, 2.45) is 0 Å². The molecule has 3 rings (SSSR count). The Labute approximate surface area is 137 Å². The number of sulfonamides is 1. The number of aryl methyl sites for hydroxylation is 1. The van der Waals surface area contributed by atoms with E-state index in [-0.39, 0.29) is 23.8 Å². The summed E-state index contributed by atoms with van der Waals surface area (Å²) in [6.45, 7) is 1.82. The van der Waals surface area contributed by atoms with Crippen molar-refractivity contribution in [2.75, 3.05) is 6.54 Å². The molecule has 0 saturated carbocycles. The van der Waals surface area contributed by atoms with Crippen LogP contribution in [0.5, 0.6) is 0 Å². The van der Waals surface area contributed by atoms with Gasteiger partial charge in [-0.05, 0) is 30.2 Å². The molecule has 0 aromatic heterocycles. The molecule has 0 aliphatic carbocycles. The first-order valence-electron chi connectivity index (χ1n) is 6.77. The molecule has 22 heavy (non-hydrogen) atoms. The quantitative estimate of drug-likeness (QED) is 0.805. The number of hydrogen-bond acceptors (Lipinski definition) is 3. The zero-order chi connectivity index (χ0) is 15.9. The van der Waals surface area contributed by atoms with Crippen LogP contribution in [0.25, 0.3) is 0 Å². The third kappa shape index (κ3) is 2.51. The second-order valence-electron chi connectivity index (χ2n) is 5.23. The summed E-state index contributed by atoms with van der Waals surface area (Å²) in [5.41, 5.74) is 1.98. The number of fused-ring (bicyclic) bond motifs is 1. The van der Waals surface area contributed by atoms with Crippen molar-refractivity contribution in [2.45, 2.75) is 18.4 Å². The molecule has 0 bridgehead atoms. The van der Waals surface area contributed by atoms with Gasteiger partial charge in [0.15, 0.2) is 5.78 Å². The summed E-state index contributed by atoms with van der Waals surface area (Å²) in [6, 6.07) is 12.1. The van der Waals surface area contributed by atoms with Crippen molar-refractivity contribution in [1.29, 1.82) is 0 Å². The molecule has 0 unspecified atom stereocenters. The van der Waals surface area contributed by atoms with Crippen LogP contribution in [0.3, 0.4) is 0 Å². The van der Waals surface area contributed by atoms with Crippen molar-refractivity contribution in [3.63, 3.8) is 0 Å². The summed E-state index contributed by atoms with van der Waals surface area (Å²) in [5, 5.41) is 0. The Morgan fingerprint density at radius 1 is 1.05 bits per heavy atom. The van der Waals surface area contributed by atoms with E-state index in [1.54, 1.807) is 43.3 Å². The van der Waals surface area contributed by atoms with E-state index in [1.807, 2.05) is 6.07 Å². The topological polar surface area (TPSA) is 54.5 Å². The summed E-state index contributed by atoms with van der Waals surface area (Å²) in [6.07, 6.45) is 0. The molecule has 2 aromatic rings. The minimum atomic E-state index is -3.69. The SMILES string of the molecule is Cc1ccccc1S(=O)(=O)N1CC(=O)c2cccc(Br)c2C1. The number of carbonyl (C=O) groups is 1. The molecule has 1 heterocycles. The van der Waals surface area contributed by atoms with Crippen LogP contribution in [0, 0.1) is 6.92 Å². The van der Waals surface area contributed by atoms with Crippen LogP contribution in [0.4, 0.5) is 0 Å². The van der Waals surface area contributed by atoms with Gasteiger partial charge in [0.2, 0.25) is 10.0 Å². The Morgan fingerprint density at radius 2 is 1.77 bits per heavy atom. The molecule has 0 saturated heterocycles. The largest absolute Gasteiger partial charge is 0.293 e. The fourth-order valence-corrected chi connectivity index (χ4v) is 4.69. The molecular weight excluding hydrogens is 366 g/mol. The van der Waals surface area contributed by atoms with Crippen molar-refractivity contribution >= 4 is 31.7 Å². The van der Waals surface area contributed by atoms with Crippen molar-refractivity contribution in [3.8, 4) is 0 Å². The van der Waals surface area contributed by atoms with Crippen LogP contribution in [0.1, 0.15) is 21.5 Å². The van der Waals surface area contributed by atoms with Gasteiger partial charge in [-0.2, -0.15) is 4.31 Å². The second-order valence-corrected chi connectivity index (χ2v) is 7.99. The molecule has 0 N–H and O–H groups in total. The number of rotatable bonds is 2. The maximum Gasteiger partial charge on any atom is 0.244 e. The average Bonchev–Trinajstić information content (AvgIpc) is 2.48. The Kier molecular flexibility index (Phi) is 3.92. The highest BCUT2D eigenvalue weighted by atomic mass is 79.9. The maximum atomic E-state index is 12.8. The Hall–Kier alpha value is -1.50. The fourth-order valence-electron chi connectivity index (χ4n) is 2.61. The summed E-state index contributed by atoms with van der Waals surface area (Å²) < 4.78 is 27.7. The Morgan fingerprint density at radius 3 is 2.50 bits per heavy atom. The number of ketones is 1. The lowest BCUT2D eigenvalue weighted by molar-refractivity contribution is 0.0949. The molecule has 2 aromatic carbocycles. The third-order valence-corrected chi connectivity index (χ3v) is 6.48. The van der Waals surface area contributed by atoms with Gasteiger partial charge >= 0.3 is 0 Å². The van der Waals surface area contributed by atoms with E-state index in [9.17, 15) is 13.2 Å².